The maximum absolute atomic E-state index is 12.1. The Bertz CT molecular complexity index is 749. The minimum Gasteiger partial charge on any atom is -0.478 e. The fourth-order valence-corrected chi connectivity index (χ4v) is 2.60. The van der Waals surface area contributed by atoms with Crippen molar-refractivity contribution < 1.29 is 18.3 Å². The number of carboxylic acids is 1. The average Bonchev–Trinajstić information content (AvgIpc) is 2.67. The van der Waals surface area contributed by atoms with Crippen LogP contribution in [0, 0.1) is 6.92 Å². The van der Waals surface area contributed by atoms with Crippen LogP contribution in [-0.4, -0.2) is 34.3 Å². The standard InChI is InChI=1S/C11H12N4O4S/c1-7-9(6-15(2)13-7)14-20(18,19)10-4-3-8(5-12-10)11(16)17/h3-6,14H,1-2H3,(H,16,17). The number of carbonyl (C=O) groups is 1. The number of hydrogen-bond donors (Lipinski definition) is 2. The average molecular weight is 296 g/mol. The monoisotopic (exact) mass is 296 g/mol. The van der Waals surface area contributed by atoms with E-state index in [9.17, 15) is 13.2 Å². The van der Waals surface area contributed by atoms with Gasteiger partial charge in [0.15, 0.2) is 5.03 Å². The number of hydrogen-bond acceptors (Lipinski definition) is 5. The molecule has 0 unspecified atom stereocenters. The topological polar surface area (TPSA) is 114 Å². The number of aromatic carboxylic acids is 1. The minimum atomic E-state index is -3.87. The molecular formula is C11H12N4O4S. The van der Waals surface area contributed by atoms with Gasteiger partial charge in [0.2, 0.25) is 0 Å². The Balaban J connectivity index is 2.30. The van der Waals surface area contributed by atoms with E-state index in [1.54, 1.807) is 14.0 Å². The third kappa shape index (κ3) is 2.77. The first-order chi connectivity index (χ1) is 9.29. The lowest BCUT2D eigenvalue weighted by atomic mass is 10.3. The van der Waals surface area contributed by atoms with E-state index in [2.05, 4.69) is 14.8 Å². The smallest absolute Gasteiger partial charge is 0.337 e. The molecule has 0 amide bonds. The van der Waals surface area contributed by atoms with Crippen molar-refractivity contribution in [1.29, 1.82) is 0 Å². The van der Waals surface area contributed by atoms with Crippen LogP contribution < -0.4 is 4.72 Å². The normalized spacial score (nSPS) is 11.3. The molecule has 106 valence electrons. The first kappa shape index (κ1) is 14.0. The lowest BCUT2D eigenvalue weighted by molar-refractivity contribution is 0.0696. The highest BCUT2D eigenvalue weighted by Gasteiger charge is 2.18. The van der Waals surface area contributed by atoms with Gasteiger partial charge in [-0.1, -0.05) is 0 Å². The van der Waals surface area contributed by atoms with Gasteiger partial charge in [-0.3, -0.25) is 9.40 Å². The van der Waals surface area contributed by atoms with Crippen LogP contribution in [-0.2, 0) is 17.1 Å². The van der Waals surface area contributed by atoms with Crippen LogP contribution in [0.4, 0.5) is 5.69 Å². The molecule has 2 aromatic rings. The number of rotatable bonds is 4. The number of nitrogens with zero attached hydrogens (tertiary/aromatic N) is 3. The Morgan fingerprint density at radius 1 is 1.40 bits per heavy atom. The molecule has 2 aromatic heterocycles. The quantitative estimate of drug-likeness (QED) is 0.855. The second kappa shape index (κ2) is 4.93. The maximum Gasteiger partial charge on any atom is 0.337 e. The van der Waals surface area contributed by atoms with Crippen LogP contribution >= 0.6 is 0 Å². The molecule has 0 bridgehead atoms. The van der Waals surface area contributed by atoms with Gasteiger partial charge in [-0.05, 0) is 19.1 Å². The molecule has 8 nitrogen and oxygen atoms in total. The zero-order valence-corrected chi connectivity index (χ0v) is 11.5. The molecule has 0 fully saturated rings. The molecule has 0 aromatic carbocycles. The highest BCUT2D eigenvalue weighted by molar-refractivity contribution is 7.92. The molecule has 20 heavy (non-hydrogen) atoms. The Morgan fingerprint density at radius 2 is 2.10 bits per heavy atom. The van der Waals surface area contributed by atoms with Crippen LogP contribution in [0.5, 0.6) is 0 Å². The molecule has 0 radical (unpaired) electrons. The predicted molar refractivity (Wildman–Crippen MR) is 69.9 cm³/mol. The third-order valence-corrected chi connectivity index (χ3v) is 3.80. The van der Waals surface area contributed by atoms with Gasteiger partial charge in [0.1, 0.15) is 0 Å². The van der Waals surface area contributed by atoms with Gasteiger partial charge in [-0.15, -0.1) is 0 Å². The first-order valence-electron chi connectivity index (χ1n) is 5.52. The zero-order chi connectivity index (χ0) is 14.9. The second-order valence-electron chi connectivity index (χ2n) is 4.10. The van der Waals surface area contributed by atoms with Crippen molar-refractivity contribution in [1.82, 2.24) is 14.8 Å². The maximum atomic E-state index is 12.1. The molecule has 2 N–H and O–H groups in total. The van der Waals surface area contributed by atoms with Crippen molar-refractivity contribution in [3.05, 3.63) is 35.8 Å². The molecule has 0 aliphatic heterocycles. The van der Waals surface area contributed by atoms with Crippen LogP contribution in [0.1, 0.15) is 16.1 Å². The summed E-state index contributed by atoms with van der Waals surface area (Å²) in [6.07, 6.45) is 2.52. The number of sulfonamides is 1. The number of aryl methyl sites for hydroxylation is 2. The van der Waals surface area contributed by atoms with Crippen LogP contribution in [0.15, 0.2) is 29.6 Å². The summed E-state index contributed by atoms with van der Waals surface area (Å²) in [6, 6.07) is 2.32. The van der Waals surface area contributed by atoms with E-state index in [1.807, 2.05) is 0 Å². The Kier molecular flexibility index (Phi) is 3.45. The van der Waals surface area contributed by atoms with E-state index in [0.717, 1.165) is 12.3 Å². The Labute approximate surface area is 115 Å². The summed E-state index contributed by atoms with van der Waals surface area (Å²) in [5.74, 6) is -1.17. The molecule has 9 heteroatoms. The molecule has 0 aliphatic carbocycles. The summed E-state index contributed by atoms with van der Waals surface area (Å²) in [5, 5.41) is 12.5. The van der Waals surface area contributed by atoms with Gasteiger partial charge in [-0.2, -0.15) is 13.5 Å². The fourth-order valence-electron chi connectivity index (χ4n) is 1.56. The zero-order valence-electron chi connectivity index (χ0n) is 10.7. The summed E-state index contributed by atoms with van der Waals surface area (Å²) < 4.78 is 28.0. The number of anilines is 1. The SMILES string of the molecule is Cc1nn(C)cc1NS(=O)(=O)c1ccc(C(=O)O)cn1. The summed E-state index contributed by atoms with van der Waals surface area (Å²) in [5.41, 5.74) is 0.788. The summed E-state index contributed by atoms with van der Waals surface area (Å²) in [4.78, 5) is 14.3. The van der Waals surface area contributed by atoms with Gasteiger partial charge in [-0.25, -0.2) is 9.78 Å². The van der Waals surface area contributed by atoms with Gasteiger partial charge in [0.25, 0.3) is 10.0 Å². The van der Waals surface area contributed by atoms with E-state index >= 15 is 0 Å². The summed E-state index contributed by atoms with van der Waals surface area (Å²) in [6.45, 7) is 1.67. The molecule has 0 spiro atoms. The van der Waals surface area contributed by atoms with E-state index < -0.39 is 16.0 Å². The largest absolute Gasteiger partial charge is 0.478 e. The van der Waals surface area contributed by atoms with Crippen molar-refractivity contribution in [3.8, 4) is 0 Å². The van der Waals surface area contributed by atoms with Crippen molar-refractivity contribution >= 4 is 21.7 Å². The van der Waals surface area contributed by atoms with E-state index in [0.29, 0.717) is 11.4 Å². The molecule has 0 aliphatic rings. The highest BCUT2D eigenvalue weighted by Crippen LogP contribution is 2.17. The molecule has 2 heterocycles. The van der Waals surface area contributed by atoms with E-state index in [4.69, 9.17) is 5.11 Å². The lowest BCUT2D eigenvalue weighted by Gasteiger charge is -2.06. The summed E-state index contributed by atoms with van der Waals surface area (Å²) >= 11 is 0. The third-order valence-electron chi connectivity index (χ3n) is 2.52. The van der Waals surface area contributed by atoms with Gasteiger partial charge >= 0.3 is 5.97 Å². The molecular weight excluding hydrogens is 284 g/mol. The van der Waals surface area contributed by atoms with E-state index in [-0.39, 0.29) is 10.6 Å². The minimum absolute atomic E-state index is 0.0819. The number of aromatic nitrogens is 3. The van der Waals surface area contributed by atoms with Crippen molar-refractivity contribution in [3.63, 3.8) is 0 Å². The predicted octanol–water partition coefficient (Wildman–Crippen LogP) is 0.623. The first-order valence-corrected chi connectivity index (χ1v) is 7.00. The van der Waals surface area contributed by atoms with Crippen molar-refractivity contribution in [2.24, 2.45) is 7.05 Å². The highest BCUT2D eigenvalue weighted by atomic mass is 32.2. The fraction of sp³-hybridized carbons (Fsp3) is 0.182. The Hall–Kier alpha value is -2.42. The molecule has 0 saturated carbocycles. The second-order valence-corrected chi connectivity index (χ2v) is 5.73. The van der Waals surface area contributed by atoms with E-state index in [1.165, 1.54) is 16.9 Å². The number of nitrogens with one attached hydrogen (secondary N) is 1. The van der Waals surface area contributed by atoms with Crippen LogP contribution in [0.25, 0.3) is 0 Å². The van der Waals surface area contributed by atoms with Gasteiger partial charge in [0, 0.05) is 19.4 Å². The molecule has 2 rings (SSSR count). The lowest BCUT2D eigenvalue weighted by Crippen LogP contribution is -2.15. The van der Waals surface area contributed by atoms with Crippen molar-refractivity contribution in [2.75, 3.05) is 4.72 Å². The molecule has 0 saturated heterocycles. The van der Waals surface area contributed by atoms with Crippen LogP contribution in [0.3, 0.4) is 0 Å². The number of pyridine rings is 1. The number of carboxylic acid groups (broad SMARTS) is 1. The molecule has 0 atom stereocenters. The van der Waals surface area contributed by atoms with Gasteiger partial charge in [0.05, 0.1) is 16.9 Å². The Morgan fingerprint density at radius 3 is 2.55 bits per heavy atom. The van der Waals surface area contributed by atoms with Crippen molar-refractivity contribution in [2.45, 2.75) is 11.9 Å². The summed E-state index contributed by atoms with van der Waals surface area (Å²) in [7, 11) is -2.20. The van der Waals surface area contributed by atoms with Crippen LogP contribution in [0.2, 0.25) is 0 Å². The van der Waals surface area contributed by atoms with Gasteiger partial charge < -0.3 is 5.11 Å².